The van der Waals surface area contributed by atoms with Crippen molar-refractivity contribution in [2.24, 2.45) is 5.41 Å². The summed E-state index contributed by atoms with van der Waals surface area (Å²) in [5.41, 5.74) is 2.50. The number of rotatable bonds is 5. The molecule has 1 atom stereocenters. The second kappa shape index (κ2) is 7.59. The fourth-order valence-electron chi connectivity index (χ4n) is 4.18. The SMILES string of the molecule is CC1(Cc2ccc3c(c2)OCO3)CCCN(C(=O)CCc2ccncc2)C1. The molecule has 5 nitrogen and oxygen atoms in total. The van der Waals surface area contributed by atoms with Gasteiger partial charge in [0.2, 0.25) is 12.7 Å². The zero-order valence-corrected chi connectivity index (χ0v) is 15.8. The highest BCUT2D eigenvalue weighted by Crippen LogP contribution is 2.37. The number of ether oxygens (including phenoxy) is 2. The summed E-state index contributed by atoms with van der Waals surface area (Å²) in [5, 5.41) is 0. The van der Waals surface area contributed by atoms with Crippen molar-refractivity contribution in [2.75, 3.05) is 19.9 Å². The first-order valence-electron chi connectivity index (χ1n) is 9.67. The predicted octanol–water partition coefficient (Wildman–Crippen LogP) is 3.61. The van der Waals surface area contributed by atoms with Crippen molar-refractivity contribution >= 4 is 5.91 Å². The van der Waals surface area contributed by atoms with Crippen LogP contribution in [0.1, 0.15) is 37.3 Å². The standard InChI is InChI=1S/C22H26N2O3/c1-22(14-18-3-5-19-20(13-18)27-16-26-19)9-2-12-24(15-22)21(25)6-4-17-7-10-23-11-8-17/h3,5,7-8,10-11,13H,2,4,6,9,12,14-16H2,1H3. The van der Waals surface area contributed by atoms with E-state index in [0.29, 0.717) is 13.2 Å². The molecule has 142 valence electrons. The normalized spacial score (nSPS) is 21.3. The molecular formula is C22H26N2O3. The summed E-state index contributed by atoms with van der Waals surface area (Å²) in [6, 6.07) is 10.1. The van der Waals surface area contributed by atoms with Gasteiger partial charge in [-0.3, -0.25) is 9.78 Å². The number of carbonyl (C=O) groups excluding carboxylic acids is 1. The van der Waals surface area contributed by atoms with Crippen LogP contribution >= 0.6 is 0 Å². The van der Waals surface area contributed by atoms with Gasteiger partial charge in [-0.1, -0.05) is 13.0 Å². The molecule has 0 saturated carbocycles. The smallest absolute Gasteiger partial charge is 0.231 e. The third-order valence-corrected chi connectivity index (χ3v) is 5.58. The Kier molecular flexibility index (Phi) is 5.01. The van der Waals surface area contributed by atoms with Crippen LogP contribution in [-0.2, 0) is 17.6 Å². The Labute approximate surface area is 160 Å². The van der Waals surface area contributed by atoms with E-state index in [4.69, 9.17) is 9.47 Å². The lowest BCUT2D eigenvalue weighted by atomic mass is 9.77. The van der Waals surface area contributed by atoms with E-state index in [1.807, 2.05) is 18.2 Å². The van der Waals surface area contributed by atoms with Crippen LogP contribution in [0.4, 0.5) is 0 Å². The topological polar surface area (TPSA) is 51.7 Å². The quantitative estimate of drug-likeness (QED) is 0.811. The number of fused-ring (bicyclic) bond motifs is 1. The number of nitrogens with zero attached hydrogens (tertiary/aromatic N) is 2. The molecule has 1 amide bonds. The molecule has 4 rings (SSSR count). The molecule has 0 bridgehead atoms. The van der Waals surface area contributed by atoms with E-state index in [9.17, 15) is 4.79 Å². The number of hydrogen-bond acceptors (Lipinski definition) is 4. The van der Waals surface area contributed by atoms with E-state index in [1.54, 1.807) is 12.4 Å². The monoisotopic (exact) mass is 366 g/mol. The molecule has 2 aliphatic heterocycles. The van der Waals surface area contributed by atoms with E-state index < -0.39 is 0 Å². The Morgan fingerprint density at radius 2 is 1.96 bits per heavy atom. The summed E-state index contributed by atoms with van der Waals surface area (Å²) in [6.45, 7) is 4.28. The van der Waals surface area contributed by atoms with Gasteiger partial charge in [0.25, 0.3) is 0 Å². The van der Waals surface area contributed by atoms with Crippen LogP contribution in [0, 0.1) is 5.41 Å². The summed E-state index contributed by atoms with van der Waals surface area (Å²) in [6.07, 6.45) is 8.03. The average molecular weight is 366 g/mol. The Bertz CT molecular complexity index is 808. The van der Waals surface area contributed by atoms with Gasteiger partial charge in [0.05, 0.1) is 0 Å². The number of aryl methyl sites for hydroxylation is 1. The van der Waals surface area contributed by atoms with Crippen LogP contribution in [0.3, 0.4) is 0 Å². The van der Waals surface area contributed by atoms with Gasteiger partial charge in [-0.15, -0.1) is 0 Å². The molecule has 0 N–H and O–H groups in total. The second-order valence-corrected chi connectivity index (χ2v) is 7.95. The zero-order chi connectivity index (χ0) is 18.7. The van der Waals surface area contributed by atoms with E-state index in [-0.39, 0.29) is 11.3 Å². The highest BCUT2D eigenvalue weighted by molar-refractivity contribution is 5.76. The van der Waals surface area contributed by atoms with Crippen LogP contribution in [0.2, 0.25) is 0 Å². The van der Waals surface area contributed by atoms with E-state index in [1.165, 1.54) is 11.1 Å². The molecule has 1 aromatic carbocycles. The third kappa shape index (κ3) is 4.24. The van der Waals surface area contributed by atoms with Crippen molar-refractivity contribution in [3.63, 3.8) is 0 Å². The lowest BCUT2D eigenvalue weighted by Gasteiger charge is -2.41. The zero-order valence-electron chi connectivity index (χ0n) is 15.8. The van der Waals surface area contributed by atoms with Gasteiger partial charge in [0.1, 0.15) is 0 Å². The summed E-state index contributed by atoms with van der Waals surface area (Å²) >= 11 is 0. The summed E-state index contributed by atoms with van der Waals surface area (Å²) in [5.74, 6) is 1.90. The molecule has 1 saturated heterocycles. The summed E-state index contributed by atoms with van der Waals surface area (Å²) in [4.78, 5) is 18.8. The van der Waals surface area contributed by atoms with Gasteiger partial charge in [-0.25, -0.2) is 0 Å². The number of pyridine rings is 1. The molecule has 0 aliphatic carbocycles. The molecule has 1 fully saturated rings. The minimum absolute atomic E-state index is 0.0955. The average Bonchev–Trinajstić information content (AvgIpc) is 3.14. The van der Waals surface area contributed by atoms with Crippen molar-refractivity contribution in [2.45, 2.75) is 39.0 Å². The van der Waals surface area contributed by atoms with Crippen molar-refractivity contribution in [1.29, 1.82) is 0 Å². The maximum absolute atomic E-state index is 12.7. The number of amides is 1. The maximum Gasteiger partial charge on any atom is 0.231 e. The van der Waals surface area contributed by atoms with Crippen molar-refractivity contribution in [3.8, 4) is 11.5 Å². The van der Waals surface area contributed by atoms with Gasteiger partial charge in [-0.2, -0.15) is 0 Å². The number of carbonyl (C=O) groups is 1. The highest BCUT2D eigenvalue weighted by Gasteiger charge is 2.33. The third-order valence-electron chi connectivity index (χ3n) is 5.58. The first-order chi connectivity index (χ1) is 13.1. The van der Waals surface area contributed by atoms with Crippen LogP contribution in [0.15, 0.2) is 42.7 Å². The van der Waals surface area contributed by atoms with Gasteiger partial charge >= 0.3 is 0 Å². The van der Waals surface area contributed by atoms with E-state index in [2.05, 4.69) is 28.9 Å². The Balaban J connectivity index is 1.37. The van der Waals surface area contributed by atoms with Gasteiger partial charge in [-0.05, 0) is 66.5 Å². The van der Waals surface area contributed by atoms with Crippen LogP contribution in [-0.4, -0.2) is 35.7 Å². The molecule has 27 heavy (non-hydrogen) atoms. The molecule has 2 aromatic rings. The Hall–Kier alpha value is -2.56. The lowest BCUT2D eigenvalue weighted by molar-refractivity contribution is -0.134. The van der Waals surface area contributed by atoms with Gasteiger partial charge < -0.3 is 14.4 Å². The van der Waals surface area contributed by atoms with E-state index >= 15 is 0 Å². The maximum atomic E-state index is 12.7. The largest absolute Gasteiger partial charge is 0.454 e. The Morgan fingerprint density at radius 1 is 1.15 bits per heavy atom. The molecule has 0 spiro atoms. The molecule has 5 heteroatoms. The molecule has 1 unspecified atom stereocenters. The first-order valence-corrected chi connectivity index (χ1v) is 9.67. The number of piperidine rings is 1. The highest BCUT2D eigenvalue weighted by atomic mass is 16.7. The van der Waals surface area contributed by atoms with Crippen molar-refractivity contribution in [3.05, 3.63) is 53.9 Å². The van der Waals surface area contributed by atoms with Gasteiger partial charge in [0.15, 0.2) is 11.5 Å². The Morgan fingerprint density at radius 3 is 2.81 bits per heavy atom. The van der Waals surface area contributed by atoms with Crippen LogP contribution in [0.5, 0.6) is 11.5 Å². The fraction of sp³-hybridized carbons (Fsp3) is 0.455. The number of benzene rings is 1. The number of aromatic nitrogens is 1. The number of likely N-dealkylation sites (tertiary alicyclic amines) is 1. The van der Waals surface area contributed by atoms with Crippen molar-refractivity contribution < 1.29 is 14.3 Å². The molecule has 3 heterocycles. The first kappa shape index (κ1) is 17.8. The molecular weight excluding hydrogens is 340 g/mol. The number of hydrogen-bond donors (Lipinski definition) is 0. The fourth-order valence-corrected chi connectivity index (χ4v) is 4.18. The van der Waals surface area contributed by atoms with Crippen LogP contribution in [0.25, 0.3) is 0 Å². The summed E-state index contributed by atoms with van der Waals surface area (Å²) < 4.78 is 10.9. The molecule has 1 aromatic heterocycles. The second-order valence-electron chi connectivity index (χ2n) is 7.95. The van der Waals surface area contributed by atoms with Crippen LogP contribution < -0.4 is 9.47 Å². The minimum atomic E-state index is 0.0955. The predicted molar refractivity (Wildman–Crippen MR) is 103 cm³/mol. The minimum Gasteiger partial charge on any atom is -0.454 e. The van der Waals surface area contributed by atoms with E-state index in [0.717, 1.165) is 50.3 Å². The molecule has 0 radical (unpaired) electrons. The van der Waals surface area contributed by atoms with Gasteiger partial charge in [0, 0.05) is 31.9 Å². The summed E-state index contributed by atoms with van der Waals surface area (Å²) in [7, 11) is 0. The lowest BCUT2D eigenvalue weighted by Crippen LogP contribution is -2.45. The van der Waals surface area contributed by atoms with Crippen molar-refractivity contribution in [1.82, 2.24) is 9.88 Å². The molecule has 2 aliphatic rings.